The summed E-state index contributed by atoms with van der Waals surface area (Å²) in [5, 5.41) is 13.4. The van der Waals surface area contributed by atoms with Gasteiger partial charge < -0.3 is 11.1 Å². The van der Waals surface area contributed by atoms with Crippen molar-refractivity contribution in [1.29, 1.82) is 0 Å². The average Bonchev–Trinajstić information content (AvgIpc) is 2.47. The third kappa shape index (κ3) is 7.41. The minimum absolute atomic E-state index is 0.0599. The highest BCUT2D eigenvalue weighted by Crippen LogP contribution is 2.12. The lowest BCUT2D eigenvalue weighted by Gasteiger charge is -2.05. The number of carbonyl (C=O) groups excluding carboxylic acids is 1. The molecule has 0 spiro atoms. The second-order valence-corrected chi connectivity index (χ2v) is 4.98. The lowest BCUT2D eigenvalue weighted by molar-refractivity contribution is -0.384. The summed E-state index contributed by atoms with van der Waals surface area (Å²) in [7, 11) is 0. The monoisotopic (exact) mass is 293 g/mol. The van der Waals surface area contributed by atoms with Crippen molar-refractivity contribution in [1.82, 2.24) is 5.32 Å². The van der Waals surface area contributed by atoms with Gasteiger partial charge in [0, 0.05) is 25.1 Å². The topological polar surface area (TPSA) is 98.3 Å². The van der Waals surface area contributed by atoms with Crippen LogP contribution in [-0.2, 0) is 11.2 Å². The SMILES string of the molecule is NCCCCCCC(=O)NCCc1ccc([N+](=O)[O-])cc1. The van der Waals surface area contributed by atoms with Gasteiger partial charge in [-0.3, -0.25) is 14.9 Å². The summed E-state index contributed by atoms with van der Waals surface area (Å²) in [6, 6.07) is 6.40. The van der Waals surface area contributed by atoms with Gasteiger partial charge in [0.2, 0.25) is 5.91 Å². The van der Waals surface area contributed by atoms with E-state index in [4.69, 9.17) is 5.73 Å². The molecule has 0 saturated carbocycles. The molecule has 0 aliphatic carbocycles. The van der Waals surface area contributed by atoms with E-state index in [1.54, 1.807) is 12.1 Å². The van der Waals surface area contributed by atoms with Gasteiger partial charge >= 0.3 is 0 Å². The number of nitrogens with one attached hydrogen (secondary N) is 1. The normalized spacial score (nSPS) is 10.3. The van der Waals surface area contributed by atoms with E-state index in [1.165, 1.54) is 12.1 Å². The molecule has 116 valence electrons. The predicted octanol–water partition coefficient (Wildman–Crippen LogP) is 2.16. The van der Waals surface area contributed by atoms with Crippen LogP contribution in [0, 0.1) is 10.1 Å². The van der Waals surface area contributed by atoms with Gasteiger partial charge in [-0.25, -0.2) is 0 Å². The molecule has 3 N–H and O–H groups in total. The number of rotatable bonds is 10. The van der Waals surface area contributed by atoms with Crippen LogP contribution in [-0.4, -0.2) is 23.9 Å². The Morgan fingerprint density at radius 1 is 1.14 bits per heavy atom. The van der Waals surface area contributed by atoms with E-state index >= 15 is 0 Å². The van der Waals surface area contributed by atoms with Crippen LogP contribution in [0.1, 0.15) is 37.7 Å². The first-order valence-corrected chi connectivity index (χ1v) is 7.33. The summed E-state index contributed by atoms with van der Waals surface area (Å²) in [5.74, 6) is 0.0599. The molecule has 0 atom stereocenters. The lowest BCUT2D eigenvalue weighted by Crippen LogP contribution is -2.25. The van der Waals surface area contributed by atoms with Gasteiger partial charge in [-0.15, -0.1) is 0 Å². The number of nitro groups is 1. The predicted molar refractivity (Wildman–Crippen MR) is 81.9 cm³/mol. The molecule has 0 radical (unpaired) electrons. The number of carbonyl (C=O) groups is 1. The molecule has 1 amide bonds. The molecular weight excluding hydrogens is 270 g/mol. The Bertz CT molecular complexity index is 446. The molecule has 1 aromatic rings. The maximum atomic E-state index is 11.6. The Kier molecular flexibility index (Phi) is 8.04. The molecule has 0 unspecified atom stereocenters. The zero-order chi connectivity index (χ0) is 15.5. The first kappa shape index (κ1) is 17.1. The van der Waals surface area contributed by atoms with Gasteiger partial charge in [0.05, 0.1) is 4.92 Å². The maximum Gasteiger partial charge on any atom is 0.269 e. The Labute approximate surface area is 124 Å². The quantitative estimate of drug-likeness (QED) is 0.392. The van der Waals surface area contributed by atoms with Crippen molar-refractivity contribution in [2.45, 2.75) is 38.5 Å². The van der Waals surface area contributed by atoms with Gasteiger partial charge in [0.15, 0.2) is 0 Å². The number of nitro benzene ring substituents is 1. The number of non-ortho nitro benzene ring substituents is 1. The van der Waals surface area contributed by atoms with Crippen LogP contribution in [0.15, 0.2) is 24.3 Å². The Hall–Kier alpha value is -1.95. The third-order valence-corrected chi connectivity index (χ3v) is 3.24. The van der Waals surface area contributed by atoms with E-state index in [0.717, 1.165) is 31.2 Å². The lowest BCUT2D eigenvalue weighted by atomic mass is 10.1. The number of amides is 1. The summed E-state index contributed by atoms with van der Waals surface area (Å²) in [6.07, 6.45) is 5.24. The molecular formula is C15H23N3O3. The van der Waals surface area contributed by atoms with E-state index in [1.807, 2.05) is 0 Å². The molecule has 1 rings (SSSR count). The van der Waals surface area contributed by atoms with Crippen molar-refractivity contribution in [2.75, 3.05) is 13.1 Å². The van der Waals surface area contributed by atoms with Gasteiger partial charge in [0.25, 0.3) is 5.69 Å². The maximum absolute atomic E-state index is 11.6. The van der Waals surface area contributed by atoms with E-state index in [-0.39, 0.29) is 11.6 Å². The number of nitrogens with two attached hydrogens (primary N) is 1. The summed E-state index contributed by atoms with van der Waals surface area (Å²) in [5.41, 5.74) is 6.46. The molecule has 6 heteroatoms. The van der Waals surface area contributed by atoms with Gasteiger partial charge in [0.1, 0.15) is 0 Å². The molecule has 0 aliphatic heterocycles. The van der Waals surface area contributed by atoms with Crippen LogP contribution in [0.5, 0.6) is 0 Å². The highest BCUT2D eigenvalue weighted by atomic mass is 16.6. The standard InChI is InChI=1S/C15H23N3O3/c16-11-4-2-1-3-5-15(19)17-12-10-13-6-8-14(9-7-13)18(20)21/h6-9H,1-5,10-12,16H2,(H,17,19). The molecule has 0 aliphatic rings. The molecule has 0 bridgehead atoms. The smallest absolute Gasteiger partial charge is 0.269 e. The minimum Gasteiger partial charge on any atom is -0.356 e. The Balaban J connectivity index is 2.15. The Morgan fingerprint density at radius 3 is 2.43 bits per heavy atom. The van der Waals surface area contributed by atoms with Crippen LogP contribution in [0.4, 0.5) is 5.69 Å². The molecule has 1 aromatic carbocycles. The van der Waals surface area contributed by atoms with E-state index in [9.17, 15) is 14.9 Å². The van der Waals surface area contributed by atoms with Crippen LogP contribution < -0.4 is 11.1 Å². The van der Waals surface area contributed by atoms with Crippen LogP contribution in [0.2, 0.25) is 0 Å². The fourth-order valence-corrected chi connectivity index (χ4v) is 2.00. The van der Waals surface area contributed by atoms with Gasteiger partial charge in [-0.1, -0.05) is 25.0 Å². The summed E-state index contributed by atoms with van der Waals surface area (Å²) in [6.45, 7) is 1.26. The van der Waals surface area contributed by atoms with Crippen molar-refractivity contribution in [3.63, 3.8) is 0 Å². The number of nitrogens with zero attached hydrogens (tertiary/aromatic N) is 1. The summed E-state index contributed by atoms with van der Waals surface area (Å²) < 4.78 is 0. The van der Waals surface area contributed by atoms with E-state index < -0.39 is 4.92 Å². The molecule has 0 heterocycles. The van der Waals surface area contributed by atoms with Crippen LogP contribution in [0.3, 0.4) is 0 Å². The summed E-state index contributed by atoms with van der Waals surface area (Å²) in [4.78, 5) is 21.7. The van der Waals surface area contributed by atoms with E-state index in [2.05, 4.69) is 5.32 Å². The van der Waals surface area contributed by atoms with Crippen molar-refractivity contribution in [3.8, 4) is 0 Å². The van der Waals surface area contributed by atoms with Crippen LogP contribution in [0.25, 0.3) is 0 Å². The van der Waals surface area contributed by atoms with Crippen molar-refractivity contribution >= 4 is 11.6 Å². The van der Waals surface area contributed by atoms with Crippen molar-refractivity contribution in [3.05, 3.63) is 39.9 Å². The largest absolute Gasteiger partial charge is 0.356 e. The number of benzene rings is 1. The molecule has 0 fully saturated rings. The van der Waals surface area contributed by atoms with E-state index in [0.29, 0.717) is 25.9 Å². The van der Waals surface area contributed by atoms with Crippen molar-refractivity contribution in [2.24, 2.45) is 5.73 Å². The van der Waals surface area contributed by atoms with Crippen molar-refractivity contribution < 1.29 is 9.72 Å². The second-order valence-electron chi connectivity index (χ2n) is 4.98. The molecule has 6 nitrogen and oxygen atoms in total. The summed E-state index contributed by atoms with van der Waals surface area (Å²) >= 11 is 0. The number of hydrogen-bond acceptors (Lipinski definition) is 4. The van der Waals surface area contributed by atoms with Gasteiger partial charge in [-0.05, 0) is 31.4 Å². The first-order valence-electron chi connectivity index (χ1n) is 7.33. The fraction of sp³-hybridized carbons (Fsp3) is 0.533. The second kappa shape index (κ2) is 9.88. The molecule has 0 aromatic heterocycles. The highest BCUT2D eigenvalue weighted by molar-refractivity contribution is 5.75. The Morgan fingerprint density at radius 2 is 1.81 bits per heavy atom. The molecule has 0 saturated heterocycles. The minimum atomic E-state index is -0.420. The number of hydrogen-bond donors (Lipinski definition) is 2. The molecule has 21 heavy (non-hydrogen) atoms. The number of unbranched alkanes of at least 4 members (excludes halogenated alkanes) is 3. The first-order chi connectivity index (χ1) is 10.1. The zero-order valence-corrected chi connectivity index (χ0v) is 12.2. The third-order valence-electron chi connectivity index (χ3n) is 3.24. The average molecular weight is 293 g/mol. The van der Waals surface area contributed by atoms with Crippen LogP contribution >= 0.6 is 0 Å². The highest BCUT2D eigenvalue weighted by Gasteiger charge is 2.04. The van der Waals surface area contributed by atoms with Gasteiger partial charge in [-0.2, -0.15) is 0 Å². The fourth-order valence-electron chi connectivity index (χ4n) is 2.00. The zero-order valence-electron chi connectivity index (χ0n) is 12.2.